The van der Waals surface area contributed by atoms with E-state index in [1.54, 1.807) is 0 Å². The summed E-state index contributed by atoms with van der Waals surface area (Å²) in [5.74, 6) is -2.81. The molecule has 0 aliphatic carbocycles. The maximum absolute atomic E-state index is 12.6. The highest BCUT2D eigenvalue weighted by molar-refractivity contribution is 7.87. The average Bonchev–Trinajstić information content (AvgIpc) is 2.54. The van der Waals surface area contributed by atoms with E-state index in [-0.39, 0.29) is 0 Å². The Morgan fingerprint density at radius 1 is 1.53 bits per heavy atom. The van der Waals surface area contributed by atoms with Crippen LogP contribution in [0.3, 0.4) is 0 Å². The molecule has 84 valence electrons. The quantitative estimate of drug-likeness (QED) is 0.618. The summed E-state index contributed by atoms with van der Waals surface area (Å²) in [4.78, 5) is 10.6. The SMILES string of the molecule is O=C(Oc1ccoc1)C(F)(F)S(=O)(=O)O. The first kappa shape index (κ1) is 11.6. The van der Waals surface area contributed by atoms with E-state index in [4.69, 9.17) is 4.55 Å². The van der Waals surface area contributed by atoms with Gasteiger partial charge in [0.1, 0.15) is 6.26 Å². The van der Waals surface area contributed by atoms with Crippen molar-refractivity contribution in [1.82, 2.24) is 0 Å². The Bertz CT molecular complexity index is 448. The van der Waals surface area contributed by atoms with Gasteiger partial charge in [-0.25, -0.2) is 4.79 Å². The smallest absolute Gasteiger partial charge is 0.466 e. The standard InChI is InChI=1S/C6H4F2O6S/c7-6(8,15(10,11)12)5(9)14-4-1-2-13-3-4/h1-3H,(H,10,11,12). The van der Waals surface area contributed by atoms with E-state index in [2.05, 4.69) is 9.15 Å². The van der Waals surface area contributed by atoms with E-state index in [1.165, 1.54) is 0 Å². The molecule has 0 amide bonds. The van der Waals surface area contributed by atoms with Crippen LogP contribution in [0.2, 0.25) is 0 Å². The van der Waals surface area contributed by atoms with Crippen LogP contribution in [-0.2, 0) is 14.9 Å². The number of halogens is 2. The molecule has 0 saturated carbocycles. The molecule has 0 radical (unpaired) electrons. The molecule has 0 fully saturated rings. The van der Waals surface area contributed by atoms with Crippen molar-refractivity contribution in [1.29, 1.82) is 0 Å². The van der Waals surface area contributed by atoms with Crippen molar-refractivity contribution in [2.45, 2.75) is 5.25 Å². The van der Waals surface area contributed by atoms with Gasteiger partial charge < -0.3 is 9.15 Å². The van der Waals surface area contributed by atoms with Crippen molar-refractivity contribution in [3.63, 3.8) is 0 Å². The number of hydrogen-bond acceptors (Lipinski definition) is 5. The minimum Gasteiger partial charge on any atom is -0.469 e. The fourth-order valence-electron chi connectivity index (χ4n) is 0.582. The van der Waals surface area contributed by atoms with Gasteiger partial charge in [0.15, 0.2) is 5.75 Å². The fraction of sp³-hybridized carbons (Fsp3) is 0.167. The minimum atomic E-state index is -5.84. The fourth-order valence-corrected chi connectivity index (χ4v) is 0.834. The Labute approximate surface area is 82.2 Å². The average molecular weight is 242 g/mol. The van der Waals surface area contributed by atoms with E-state index in [0.717, 1.165) is 18.6 Å². The molecule has 0 atom stereocenters. The molecular formula is C6H4F2O6S. The molecule has 9 heteroatoms. The van der Waals surface area contributed by atoms with Crippen LogP contribution in [0.1, 0.15) is 0 Å². The summed E-state index contributed by atoms with van der Waals surface area (Å²) in [7, 11) is -5.84. The summed E-state index contributed by atoms with van der Waals surface area (Å²) < 4.78 is 61.7. The Hall–Kier alpha value is -1.48. The number of furan rings is 1. The monoisotopic (exact) mass is 242 g/mol. The molecule has 0 unspecified atom stereocenters. The molecular weight excluding hydrogens is 238 g/mol. The van der Waals surface area contributed by atoms with Gasteiger partial charge in [-0.3, -0.25) is 4.55 Å². The number of ether oxygens (including phenoxy) is 1. The number of alkyl halides is 2. The van der Waals surface area contributed by atoms with Crippen LogP contribution in [0.25, 0.3) is 0 Å². The lowest BCUT2D eigenvalue weighted by Gasteiger charge is -2.09. The number of rotatable bonds is 3. The summed E-state index contributed by atoms with van der Waals surface area (Å²) in [5, 5.41) is -5.01. The lowest BCUT2D eigenvalue weighted by atomic mass is 10.6. The summed E-state index contributed by atoms with van der Waals surface area (Å²) in [6, 6.07) is 1.01. The maximum atomic E-state index is 12.6. The molecule has 0 spiro atoms. The minimum absolute atomic E-state index is 0.400. The Morgan fingerprint density at radius 2 is 2.13 bits per heavy atom. The number of esters is 1. The molecule has 0 aliphatic rings. The van der Waals surface area contributed by atoms with E-state index in [1.807, 2.05) is 0 Å². The summed E-state index contributed by atoms with van der Waals surface area (Å²) in [6.45, 7) is 0. The molecule has 0 bridgehead atoms. The highest BCUT2D eigenvalue weighted by atomic mass is 32.2. The lowest BCUT2D eigenvalue weighted by Crippen LogP contribution is -2.40. The first-order chi connectivity index (χ1) is 6.75. The summed E-state index contributed by atoms with van der Waals surface area (Å²) in [6.07, 6.45) is 1.83. The zero-order valence-corrected chi connectivity index (χ0v) is 7.70. The van der Waals surface area contributed by atoms with Crippen LogP contribution in [0, 0.1) is 0 Å². The largest absolute Gasteiger partial charge is 0.469 e. The van der Waals surface area contributed by atoms with E-state index in [0.29, 0.717) is 0 Å². The van der Waals surface area contributed by atoms with Gasteiger partial charge in [-0.05, 0) is 0 Å². The lowest BCUT2D eigenvalue weighted by molar-refractivity contribution is -0.151. The van der Waals surface area contributed by atoms with Crippen LogP contribution in [-0.4, -0.2) is 24.2 Å². The van der Waals surface area contributed by atoms with Gasteiger partial charge >= 0.3 is 21.3 Å². The molecule has 1 aromatic rings. The van der Waals surface area contributed by atoms with Crippen molar-refractivity contribution in [3.8, 4) is 5.75 Å². The third-order valence-corrected chi connectivity index (χ3v) is 2.08. The highest BCUT2D eigenvalue weighted by Crippen LogP contribution is 2.23. The second-order valence-electron chi connectivity index (χ2n) is 2.34. The van der Waals surface area contributed by atoms with Gasteiger partial charge in [0, 0.05) is 6.07 Å². The Morgan fingerprint density at radius 3 is 2.53 bits per heavy atom. The maximum Gasteiger partial charge on any atom is 0.466 e. The predicted molar refractivity (Wildman–Crippen MR) is 40.8 cm³/mol. The topological polar surface area (TPSA) is 93.8 Å². The third kappa shape index (κ3) is 2.30. The first-order valence-electron chi connectivity index (χ1n) is 3.34. The summed E-state index contributed by atoms with van der Waals surface area (Å²) >= 11 is 0. The van der Waals surface area contributed by atoms with Crippen LogP contribution in [0.15, 0.2) is 23.0 Å². The number of hydrogen-bond donors (Lipinski definition) is 1. The van der Waals surface area contributed by atoms with Crippen molar-refractivity contribution in [2.24, 2.45) is 0 Å². The highest BCUT2D eigenvalue weighted by Gasteiger charge is 2.54. The molecule has 0 saturated heterocycles. The number of carbonyl (C=O) groups is 1. The number of carbonyl (C=O) groups excluding carboxylic acids is 1. The van der Waals surface area contributed by atoms with E-state index in [9.17, 15) is 22.0 Å². The first-order valence-corrected chi connectivity index (χ1v) is 4.78. The van der Waals surface area contributed by atoms with Gasteiger partial charge in [0.2, 0.25) is 0 Å². The zero-order valence-electron chi connectivity index (χ0n) is 6.88. The van der Waals surface area contributed by atoms with Gasteiger partial charge in [0.25, 0.3) is 0 Å². The zero-order chi connectivity index (χ0) is 11.7. The van der Waals surface area contributed by atoms with Crippen LogP contribution in [0.4, 0.5) is 8.78 Å². The van der Waals surface area contributed by atoms with Gasteiger partial charge in [0.05, 0.1) is 6.26 Å². The van der Waals surface area contributed by atoms with Gasteiger partial charge in [-0.2, -0.15) is 17.2 Å². The molecule has 0 aromatic carbocycles. The Kier molecular flexibility index (Phi) is 2.77. The molecule has 6 nitrogen and oxygen atoms in total. The Balaban J connectivity index is 2.87. The second-order valence-corrected chi connectivity index (χ2v) is 3.80. The van der Waals surface area contributed by atoms with Crippen LogP contribution in [0.5, 0.6) is 5.75 Å². The van der Waals surface area contributed by atoms with E-state index < -0.39 is 27.1 Å². The van der Waals surface area contributed by atoms with Crippen molar-refractivity contribution >= 4 is 16.1 Å². The van der Waals surface area contributed by atoms with E-state index >= 15 is 0 Å². The van der Waals surface area contributed by atoms with Crippen molar-refractivity contribution in [2.75, 3.05) is 0 Å². The third-order valence-electron chi connectivity index (χ3n) is 1.27. The predicted octanol–water partition coefficient (Wildman–Crippen LogP) is 0.666. The molecule has 1 N–H and O–H groups in total. The summed E-state index contributed by atoms with van der Waals surface area (Å²) in [5.41, 5.74) is 0. The molecule has 1 heterocycles. The second kappa shape index (κ2) is 3.59. The molecule has 15 heavy (non-hydrogen) atoms. The normalized spacial score (nSPS) is 12.5. The van der Waals surface area contributed by atoms with Crippen LogP contribution < -0.4 is 4.74 Å². The molecule has 1 rings (SSSR count). The molecule has 1 aromatic heterocycles. The molecule has 0 aliphatic heterocycles. The van der Waals surface area contributed by atoms with Crippen molar-refractivity contribution in [3.05, 3.63) is 18.6 Å². The van der Waals surface area contributed by atoms with Gasteiger partial charge in [-0.15, -0.1) is 0 Å². The van der Waals surface area contributed by atoms with Gasteiger partial charge in [-0.1, -0.05) is 0 Å². The van der Waals surface area contributed by atoms with Crippen molar-refractivity contribution < 1.29 is 35.7 Å². The van der Waals surface area contributed by atoms with Crippen LogP contribution >= 0.6 is 0 Å².